The summed E-state index contributed by atoms with van der Waals surface area (Å²) in [5, 5.41) is 5.63. The summed E-state index contributed by atoms with van der Waals surface area (Å²) >= 11 is 1.41. The van der Waals surface area contributed by atoms with Gasteiger partial charge in [0.05, 0.1) is 5.69 Å². The van der Waals surface area contributed by atoms with Crippen molar-refractivity contribution in [2.24, 2.45) is 0 Å². The highest BCUT2D eigenvalue weighted by Crippen LogP contribution is 2.37. The number of amides is 1. The van der Waals surface area contributed by atoms with Gasteiger partial charge in [-0.25, -0.2) is 9.97 Å². The Morgan fingerprint density at radius 3 is 2.42 bits per heavy atom. The number of rotatable bonds is 3. The van der Waals surface area contributed by atoms with Crippen LogP contribution in [0.25, 0.3) is 16.9 Å². The van der Waals surface area contributed by atoms with Crippen molar-refractivity contribution in [2.75, 3.05) is 16.5 Å². The number of para-hydroxylation sites is 1. The van der Waals surface area contributed by atoms with Crippen LogP contribution in [0.15, 0.2) is 76.9 Å². The lowest BCUT2D eigenvalue weighted by atomic mass is 10.2. The van der Waals surface area contributed by atoms with Crippen LogP contribution in [-0.2, 0) is 0 Å². The number of carbonyl (C=O) groups is 1. The molecule has 1 aliphatic heterocycles. The molecular weight excluding hydrogens is 436 g/mol. The van der Waals surface area contributed by atoms with Gasteiger partial charge in [0.2, 0.25) is 0 Å². The monoisotopic (exact) mass is 454 g/mol. The molecule has 6 rings (SSSR count). The number of nitrogens with one attached hydrogen (secondary N) is 1. The highest BCUT2D eigenvalue weighted by Gasteiger charge is 2.37. The van der Waals surface area contributed by atoms with Crippen LogP contribution >= 0.6 is 11.3 Å². The van der Waals surface area contributed by atoms with E-state index < -0.39 is 0 Å². The highest BCUT2D eigenvalue weighted by molar-refractivity contribution is 7.14. The molecule has 33 heavy (non-hydrogen) atoms. The van der Waals surface area contributed by atoms with Crippen molar-refractivity contribution in [1.82, 2.24) is 19.6 Å². The Labute approximate surface area is 192 Å². The van der Waals surface area contributed by atoms with E-state index in [2.05, 4.69) is 10.1 Å². The van der Waals surface area contributed by atoms with Gasteiger partial charge in [0.15, 0.2) is 10.8 Å². The molecule has 0 bridgehead atoms. The van der Waals surface area contributed by atoms with E-state index in [9.17, 15) is 9.59 Å². The average Bonchev–Trinajstić information content (AvgIpc) is 3.47. The van der Waals surface area contributed by atoms with Crippen molar-refractivity contribution in [3.8, 4) is 11.3 Å². The third-order valence-electron chi connectivity index (χ3n) is 5.60. The van der Waals surface area contributed by atoms with Crippen molar-refractivity contribution < 1.29 is 4.79 Å². The zero-order valence-corrected chi connectivity index (χ0v) is 18.4. The predicted octanol–water partition coefficient (Wildman–Crippen LogP) is 4.21. The Hall–Kier alpha value is -4.24. The minimum Gasteiger partial charge on any atom is -0.307 e. The molecule has 0 saturated carbocycles. The van der Waals surface area contributed by atoms with Crippen LogP contribution in [0.5, 0.6) is 0 Å². The fourth-order valence-corrected chi connectivity index (χ4v) is 4.86. The number of fused-ring (bicyclic) bond motifs is 3. The standard InChI is InChI=1S/C24H18N6O2S/c1-15-12-19(31)30-21(25-15)20-22(27-30)28(17-10-6-3-7-11-17)14-29(23(20)32)24-26-18(13-33-24)16-8-4-2-5-9-16/h2-13,27H,14H2,1H3. The number of nitrogens with zero attached hydrogens (tertiary/aromatic N) is 5. The van der Waals surface area contributed by atoms with E-state index >= 15 is 0 Å². The summed E-state index contributed by atoms with van der Waals surface area (Å²) in [5.41, 5.74) is 3.63. The van der Waals surface area contributed by atoms with Crippen LogP contribution in [0.2, 0.25) is 0 Å². The van der Waals surface area contributed by atoms with Crippen LogP contribution in [0, 0.1) is 6.92 Å². The molecule has 0 spiro atoms. The van der Waals surface area contributed by atoms with Gasteiger partial charge in [-0.1, -0.05) is 48.5 Å². The summed E-state index contributed by atoms with van der Waals surface area (Å²) in [4.78, 5) is 39.2. The maximum atomic E-state index is 13.7. The number of thiazole rings is 1. The second kappa shape index (κ2) is 7.42. The first-order valence-corrected chi connectivity index (χ1v) is 11.3. The minimum atomic E-state index is -0.264. The van der Waals surface area contributed by atoms with Crippen LogP contribution in [-0.4, -0.2) is 32.2 Å². The highest BCUT2D eigenvalue weighted by atomic mass is 32.1. The van der Waals surface area contributed by atoms with Gasteiger partial charge in [-0.3, -0.25) is 19.6 Å². The summed E-state index contributed by atoms with van der Waals surface area (Å²) < 4.78 is 1.33. The van der Waals surface area contributed by atoms with Gasteiger partial charge in [-0.15, -0.1) is 11.3 Å². The Morgan fingerprint density at radius 1 is 0.939 bits per heavy atom. The quantitative estimate of drug-likeness (QED) is 0.441. The summed E-state index contributed by atoms with van der Waals surface area (Å²) in [5.74, 6) is 0.292. The molecule has 4 heterocycles. The van der Waals surface area contributed by atoms with Crippen molar-refractivity contribution in [3.63, 3.8) is 0 Å². The topological polar surface area (TPSA) is 86.6 Å². The molecule has 0 fully saturated rings. The Bertz CT molecular complexity index is 1550. The second-order valence-corrected chi connectivity index (χ2v) is 8.59. The molecule has 0 atom stereocenters. The molecule has 1 amide bonds. The van der Waals surface area contributed by atoms with Crippen molar-refractivity contribution >= 4 is 39.5 Å². The van der Waals surface area contributed by atoms with Crippen LogP contribution in [0.4, 0.5) is 16.6 Å². The molecule has 2 aromatic carbocycles. The van der Waals surface area contributed by atoms with Crippen molar-refractivity contribution in [2.45, 2.75) is 6.92 Å². The molecule has 0 unspecified atom stereocenters. The molecule has 162 valence electrons. The lowest BCUT2D eigenvalue weighted by Gasteiger charge is -2.34. The maximum Gasteiger partial charge on any atom is 0.272 e. The lowest BCUT2D eigenvalue weighted by Crippen LogP contribution is -2.44. The molecule has 0 radical (unpaired) electrons. The molecular formula is C24H18N6O2S. The number of hydrogen-bond donors (Lipinski definition) is 1. The van der Waals surface area contributed by atoms with Gasteiger partial charge in [0, 0.05) is 28.4 Å². The van der Waals surface area contributed by atoms with Crippen molar-refractivity contribution in [3.05, 3.63) is 93.7 Å². The van der Waals surface area contributed by atoms with Crippen molar-refractivity contribution in [1.29, 1.82) is 0 Å². The normalized spacial score (nSPS) is 13.5. The number of carbonyl (C=O) groups excluding carboxylic acids is 1. The fourth-order valence-electron chi connectivity index (χ4n) is 4.04. The van der Waals surface area contributed by atoms with Gasteiger partial charge >= 0.3 is 0 Å². The Balaban J connectivity index is 1.53. The first kappa shape index (κ1) is 19.4. The number of aromatic nitrogens is 4. The van der Waals surface area contributed by atoms with Gasteiger partial charge in [-0.2, -0.15) is 4.52 Å². The van der Waals surface area contributed by atoms with Crippen LogP contribution < -0.4 is 15.4 Å². The summed E-state index contributed by atoms with van der Waals surface area (Å²) in [6.45, 7) is 1.99. The fraction of sp³-hybridized carbons (Fsp3) is 0.0833. The lowest BCUT2D eigenvalue weighted by molar-refractivity contribution is 0.0985. The first-order valence-electron chi connectivity index (χ1n) is 10.4. The average molecular weight is 455 g/mol. The number of benzene rings is 2. The number of anilines is 3. The van der Waals surface area contributed by atoms with E-state index in [1.54, 1.807) is 11.8 Å². The zero-order valence-electron chi connectivity index (χ0n) is 17.6. The third kappa shape index (κ3) is 3.13. The second-order valence-electron chi connectivity index (χ2n) is 7.75. The Morgan fingerprint density at radius 2 is 1.67 bits per heavy atom. The third-order valence-corrected chi connectivity index (χ3v) is 6.46. The SMILES string of the molecule is Cc1cc(=O)n2[nH]c3c(c2n1)C(=O)N(c1nc(-c2ccccc2)cs1)CN3c1ccccc1. The minimum absolute atomic E-state index is 0.248. The van der Waals surface area contributed by atoms with E-state index in [1.807, 2.05) is 70.9 Å². The molecule has 0 aliphatic carbocycles. The smallest absolute Gasteiger partial charge is 0.272 e. The Kier molecular flexibility index (Phi) is 4.37. The van der Waals surface area contributed by atoms with Crippen LogP contribution in [0.1, 0.15) is 16.1 Å². The van der Waals surface area contributed by atoms with E-state index in [-0.39, 0.29) is 18.1 Å². The largest absolute Gasteiger partial charge is 0.307 e. The zero-order chi connectivity index (χ0) is 22.5. The number of hydrogen-bond acceptors (Lipinski definition) is 6. The number of aryl methyl sites for hydroxylation is 1. The first-order chi connectivity index (χ1) is 16.1. The van der Waals surface area contributed by atoms with E-state index in [1.165, 1.54) is 21.9 Å². The molecule has 5 aromatic rings. The van der Waals surface area contributed by atoms with Gasteiger partial charge in [0.1, 0.15) is 18.1 Å². The predicted molar refractivity (Wildman–Crippen MR) is 128 cm³/mol. The number of aromatic amines is 1. The number of H-pyrrole nitrogens is 1. The van der Waals surface area contributed by atoms with E-state index in [0.717, 1.165) is 16.9 Å². The molecule has 3 aromatic heterocycles. The molecule has 9 heteroatoms. The maximum absolute atomic E-state index is 13.7. The van der Waals surface area contributed by atoms with E-state index in [4.69, 9.17) is 4.98 Å². The molecule has 8 nitrogen and oxygen atoms in total. The van der Waals surface area contributed by atoms with Gasteiger partial charge in [0.25, 0.3) is 11.5 Å². The van der Waals surface area contributed by atoms with E-state index in [0.29, 0.717) is 27.9 Å². The molecule has 0 saturated heterocycles. The summed E-state index contributed by atoms with van der Waals surface area (Å²) in [7, 11) is 0. The molecule has 1 N–H and O–H groups in total. The summed E-state index contributed by atoms with van der Waals surface area (Å²) in [6.07, 6.45) is 0. The van der Waals surface area contributed by atoms with Gasteiger partial charge < -0.3 is 4.90 Å². The van der Waals surface area contributed by atoms with Crippen LogP contribution in [0.3, 0.4) is 0 Å². The summed E-state index contributed by atoms with van der Waals surface area (Å²) in [6, 6.07) is 21.0. The van der Waals surface area contributed by atoms with Gasteiger partial charge in [-0.05, 0) is 19.1 Å². The molecule has 1 aliphatic rings.